The number of carbonyl (C=O) groups is 1. The summed E-state index contributed by atoms with van der Waals surface area (Å²) in [5.74, 6) is 1.71. The quantitative estimate of drug-likeness (QED) is 0.740. The van der Waals surface area contributed by atoms with Crippen molar-refractivity contribution in [3.8, 4) is 5.75 Å². The highest BCUT2D eigenvalue weighted by Gasteiger charge is 2.20. The van der Waals surface area contributed by atoms with E-state index in [4.69, 9.17) is 4.74 Å². The molecule has 0 amide bonds. The first-order valence-electron chi connectivity index (χ1n) is 5.45. The van der Waals surface area contributed by atoms with Crippen LogP contribution in [0.1, 0.15) is 37.2 Å². The van der Waals surface area contributed by atoms with E-state index in [1.165, 1.54) is 5.56 Å². The molecule has 0 N–H and O–H groups in total. The fourth-order valence-corrected chi connectivity index (χ4v) is 2.19. The van der Waals surface area contributed by atoms with Crippen molar-refractivity contribution in [2.75, 3.05) is 7.11 Å². The van der Waals surface area contributed by atoms with Gasteiger partial charge in [-0.25, -0.2) is 0 Å². The van der Waals surface area contributed by atoms with Crippen LogP contribution in [-0.4, -0.2) is 12.9 Å². The van der Waals surface area contributed by atoms with E-state index >= 15 is 0 Å². The van der Waals surface area contributed by atoms with Gasteiger partial charge in [-0.05, 0) is 36.5 Å². The van der Waals surface area contributed by atoms with Crippen LogP contribution in [0.4, 0.5) is 0 Å². The Hall–Kier alpha value is -1.31. The molecule has 0 bridgehead atoms. The van der Waals surface area contributed by atoms with Gasteiger partial charge in [0, 0.05) is 12.8 Å². The van der Waals surface area contributed by atoms with Gasteiger partial charge in [0.15, 0.2) is 0 Å². The van der Waals surface area contributed by atoms with E-state index < -0.39 is 0 Å². The smallest absolute Gasteiger partial charge is 0.133 e. The molecule has 0 spiro atoms. The number of rotatable bonds is 2. The minimum absolute atomic E-state index is 0.405. The van der Waals surface area contributed by atoms with Gasteiger partial charge in [0.25, 0.3) is 0 Å². The molecule has 0 unspecified atom stereocenters. The topological polar surface area (TPSA) is 26.3 Å². The highest BCUT2D eigenvalue weighted by atomic mass is 16.5. The van der Waals surface area contributed by atoms with Crippen molar-refractivity contribution in [2.24, 2.45) is 0 Å². The lowest BCUT2D eigenvalue weighted by molar-refractivity contribution is -0.120. The maximum atomic E-state index is 11.3. The molecular formula is C13H16O2. The third-order valence-electron chi connectivity index (χ3n) is 3.07. The van der Waals surface area contributed by atoms with Gasteiger partial charge in [0.2, 0.25) is 0 Å². The van der Waals surface area contributed by atoms with Crippen molar-refractivity contribution in [2.45, 2.75) is 31.6 Å². The molecule has 2 rings (SSSR count). The Balaban J connectivity index is 2.11. The lowest BCUT2D eigenvalue weighted by atomic mass is 9.83. The van der Waals surface area contributed by atoms with Crippen LogP contribution in [0.3, 0.4) is 0 Å². The number of Topliss-reactive ketones (excluding diaryl/α,β-unsaturated/α-hetero) is 1. The lowest BCUT2D eigenvalue weighted by Gasteiger charge is -2.21. The minimum Gasteiger partial charge on any atom is -0.497 e. The van der Waals surface area contributed by atoms with Crippen LogP contribution >= 0.6 is 0 Å². The number of hydrogen-bond donors (Lipinski definition) is 0. The monoisotopic (exact) mass is 204 g/mol. The van der Waals surface area contributed by atoms with Crippen molar-refractivity contribution in [1.82, 2.24) is 0 Å². The average Bonchev–Trinajstić information content (AvgIpc) is 2.29. The maximum absolute atomic E-state index is 11.3. The Morgan fingerprint density at radius 1 is 1.27 bits per heavy atom. The zero-order valence-corrected chi connectivity index (χ0v) is 9.03. The van der Waals surface area contributed by atoms with E-state index in [0.29, 0.717) is 18.1 Å². The van der Waals surface area contributed by atoms with Crippen LogP contribution in [0.25, 0.3) is 0 Å². The Morgan fingerprint density at radius 2 is 2.00 bits per heavy atom. The first kappa shape index (κ1) is 10.2. The van der Waals surface area contributed by atoms with Crippen molar-refractivity contribution < 1.29 is 9.53 Å². The number of ketones is 1. The molecule has 0 aromatic heterocycles. The number of hydrogen-bond acceptors (Lipinski definition) is 2. The molecule has 1 aromatic carbocycles. The second-order valence-electron chi connectivity index (χ2n) is 4.11. The molecule has 1 aromatic rings. The molecule has 1 aliphatic carbocycles. The van der Waals surface area contributed by atoms with Gasteiger partial charge in [-0.1, -0.05) is 12.1 Å². The summed E-state index contributed by atoms with van der Waals surface area (Å²) in [5, 5.41) is 0. The van der Waals surface area contributed by atoms with Gasteiger partial charge in [-0.3, -0.25) is 4.79 Å². The normalized spacial score (nSPS) is 21.4. The Labute approximate surface area is 90.3 Å². The van der Waals surface area contributed by atoms with E-state index in [2.05, 4.69) is 12.1 Å². The number of methoxy groups -OCH3 is 1. The summed E-state index contributed by atoms with van der Waals surface area (Å²) in [6, 6.07) is 8.08. The summed E-state index contributed by atoms with van der Waals surface area (Å²) in [6.07, 6.45) is 3.66. The third kappa shape index (κ3) is 2.38. The minimum atomic E-state index is 0.405. The first-order valence-corrected chi connectivity index (χ1v) is 5.45. The van der Waals surface area contributed by atoms with Crippen LogP contribution in [0, 0.1) is 0 Å². The van der Waals surface area contributed by atoms with Crippen LogP contribution in [-0.2, 0) is 4.79 Å². The first-order chi connectivity index (χ1) is 7.29. The summed E-state index contributed by atoms with van der Waals surface area (Å²) >= 11 is 0. The largest absolute Gasteiger partial charge is 0.497 e. The van der Waals surface area contributed by atoms with Crippen molar-refractivity contribution >= 4 is 5.78 Å². The molecule has 2 heteroatoms. The molecule has 0 heterocycles. The van der Waals surface area contributed by atoms with E-state index in [-0.39, 0.29) is 0 Å². The molecule has 1 fully saturated rings. The van der Waals surface area contributed by atoms with Crippen molar-refractivity contribution in [3.63, 3.8) is 0 Å². The van der Waals surface area contributed by atoms with Crippen LogP contribution in [0.2, 0.25) is 0 Å². The lowest BCUT2D eigenvalue weighted by Crippen LogP contribution is -2.13. The second-order valence-corrected chi connectivity index (χ2v) is 4.11. The average molecular weight is 204 g/mol. The van der Waals surface area contributed by atoms with E-state index in [1.807, 2.05) is 12.1 Å². The molecule has 0 saturated heterocycles. The Kier molecular flexibility index (Phi) is 3.05. The Bertz CT molecular complexity index is 340. The predicted molar refractivity (Wildman–Crippen MR) is 59.2 cm³/mol. The third-order valence-corrected chi connectivity index (χ3v) is 3.07. The molecule has 1 saturated carbocycles. The van der Waals surface area contributed by atoms with Gasteiger partial charge in [0.05, 0.1) is 7.11 Å². The number of carbonyl (C=O) groups excluding carboxylic acids is 1. The SMILES string of the molecule is COc1ccc([C@@H]2CCCC(=O)C2)cc1. The number of ether oxygens (including phenoxy) is 1. The summed E-state index contributed by atoms with van der Waals surface area (Å²) in [5.41, 5.74) is 1.27. The highest BCUT2D eigenvalue weighted by Crippen LogP contribution is 2.31. The van der Waals surface area contributed by atoms with Gasteiger partial charge < -0.3 is 4.74 Å². The van der Waals surface area contributed by atoms with Crippen LogP contribution < -0.4 is 4.74 Å². The summed E-state index contributed by atoms with van der Waals surface area (Å²) < 4.78 is 5.11. The zero-order chi connectivity index (χ0) is 10.7. The molecule has 0 radical (unpaired) electrons. The zero-order valence-electron chi connectivity index (χ0n) is 9.03. The van der Waals surface area contributed by atoms with E-state index in [9.17, 15) is 4.79 Å². The Morgan fingerprint density at radius 3 is 2.60 bits per heavy atom. The summed E-state index contributed by atoms with van der Waals surface area (Å²) in [6.45, 7) is 0. The summed E-state index contributed by atoms with van der Waals surface area (Å²) in [4.78, 5) is 11.3. The van der Waals surface area contributed by atoms with E-state index in [0.717, 1.165) is 25.0 Å². The highest BCUT2D eigenvalue weighted by molar-refractivity contribution is 5.80. The van der Waals surface area contributed by atoms with Gasteiger partial charge >= 0.3 is 0 Å². The van der Waals surface area contributed by atoms with Crippen molar-refractivity contribution in [3.05, 3.63) is 29.8 Å². The van der Waals surface area contributed by atoms with Crippen molar-refractivity contribution in [1.29, 1.82) is 0 Å². The van der Waals surface area contributed by atoms with Crippen LogP contribution in [0.15, 0.2) is 24.3 Å². The molecule has 0 aliphatic heterocycles. The molecule has 80 valence electrons. The van der Waals surface area contributed by atoms with Gasteiger partial charge in [-0.2, -0.15) is 0 Å². The fourth-order valence-electron chi connectivity index (χ4n) is 2.19. The molecule has 2 nitrogen and oxygen atoms in total. The molecule has 1 atom stereocenters. The van der Waals surface area contributed by atoms with Gasteiger partial charge in [0.1, 0.15) is 11.5 Å². The fraction of sp³-hybridized carbons (Fsp3) is 0.462. The molecule has 1 aliphatic rings. The molecule has 15 heavy (non-hydrogen) atoms. The molecular weight excluding hydrogens is 188 g/mol. The predicted octanol–water partition coefficient (Wildman–Crippen LogP) is 2.92. The standard InChI is InChI=1S/C13H16O2/c1-15-13-7-5-10(6-8-13)11-3-2-4-12(14)9-11/h5-8,11H,2-4,9H2,1H3/t11-/m1/s1. The van der Waals surface area contributed by atoms with Gasteiger partial charge in [-0.15, -0.1) is 0 Å². The summed E-state index contributed by atoms with van der Waals surface area (Å²) in [7, 11) is 1.67. The van der Waals surface area contributed by atoms with E-state index in [1.54, 1.807) is 7.11 Å². The number of benzene rings is 1. The van der Waals surface area contributed by atoms with Crippen LogP contribution in [0.5, 0.6) is 5.75 Å². The maximum Gasteiger partial charge on any atom is 0.133 e. The second kappa shape index (κ2) is 4.47.